The van der Waals surface area contributed by atoms with Crippen LogP contribution in [0.1, 0.15) is 12.5 Å². The number of benzene rings is 1. The van der Waals surface area contributed by atoms with Crippen molar-refractivity contribution in [2.24, 2.45) is 16.5 Å². The molecule has 72 valence electrons. The van der Waals surface area contributed by atoms with Crippen LogP contribution in [-0.2, 0) is 0 Å². The van der Waals surface area contributed by atoms with Gasteiger partial charge in [0.25, 0.3) is 0 Å². The topological polar surface area (TPSA) is 64.4 Å². The van der Waals surface area contributed by atoms with E-state index in [2.05, 4.69) is 4.99 Å². The molecule has 1 heterocycles. The fraction of sp³-hybridized carbons (Fsp3) is 0.182. The Kier molecular flexibility index (Phi) is 1.89. The summed E-state index contributed by atoms with van der Waals surface area (Å²) in [7, 11) is 0. The summed E-state index contributed by atoms with van der Waals surface area (Å²) < 4.78 is 0. The van der Waals surface area contributed by atoms with Gasteiger partial charge in [-0.1, -0.05) is 30.3 Å². The molecule has 0 aliphatic carbocycles. The second-order valence-corrected chi connectivity index (χ2v) is 3.65. The Hall–Kier alpha value is -1.61. The van der Waals surface area contributed by atoms with Crippen LogP contribution < -0.4 is 11.5 Å². The van der Waals surface area contributed by atoms with E-state index in [4.69, 9.17) is 11.5 Å². The number of allylic oxidation sites excluding steroid dienone is 1. The van der Waals surface area contributed by atoms with Crippen molar-refractivity contribution in [3.63, 3.8) is 0 Å². The van der Waals surface area contributed by atoms with Gasteiger partial charge in [-0.25, -0.2) is 0 Å². The highest BCUT2D eigenvalue weighted by Gasteiger charge is 2.24. The molecule has 1 aliphatic heterocycles. The van der Waals surface area contributed by atoms with Gasteiger partial charge in [0.2, 0.25) is 0 Å². The molecule has 3 heteroatoms. The van der Waals surface area contributed by atoms with Gasteiger partial charge in [0.15, 0.2) is 0 Å². The maximum absolute atomic E-state index is 5.85. The van der Waals surface area contributed by atoms with E-state index in [0.717, 1.165) is 11.3 Å². The van der Waals surface area contributed by atoms with Crippen molar-refractivity contribution in [1.29, 1.82) is 0 Å². The molecule has 0 radical (unpaired) electrons. The summed E-state index contributed by atoms with van der Waals surface area (Å²) in [4.78, 5) is 4.35. The van der Waals surface area contributed by atoms with Gasteiger partial charge < -0.3 is 11.5 Å². The summed E-state index contributed by atoms with van der Waals surface area (Å²) in [5, 5.41) is 0. The lowest BCUT2D eigenvalue weighted by Crippen LogP contribution is -2.29. The van der Waals surface area contributed by atoms with E-state index in [9.17, 15) is 0 Å². The fourth-order valence-electron chi connectivity index (χ4n) is 1.55. The van der Waals surface area contributed by atoms with E-state index >= 15 is 0 Å². The minimum absolute atomic E-state index is 0.654. The molecule has 1 aromatic carbocycles. The van der Waals surface area contributed by atoms with Crippen molar-refractivity contribution in [2.45, 2.75) is 12.6 Å². The Morgan fingerprint density at radius 2 is 1.86 bits per heavy atom. The molecular weight excluding hydrogens is 174 g/mol. The summed E-state index contributed by atoms with van der Waals surface area (Å²) in [6, 6.07) is 9.82. The van der Waals surface area contributed by atoms with Crippen LogP contribution in [-0.4, -0.2) is 11.4 Å². The SMILES string of the molecule is CC1(N)C=C(N)C(c2ccccc2)=N1. The predicted molar refractivity (Wildman–Crippen MR) is 57.8 cm³/mol. The summed E-state index contributed by atoms with van der Waals surface area (Å²) >= 11 is 0. The highest BCUT2D eigenvalue weighted by atomic mass is 15.0. The Morgan fingerprint density at radius 1 is 1.21 bits per heavy atom. The van der Waals surface area contributed by atoms with Crippen molar-refractivity contribution in [3.05, 3.63) is 47.7 Å². The first kappa shape index (κ1) is 8.97. The summed E-state index contributed by atoms with van der Waals surface area (Å²) in [6.45, 7) is 1.83. The molecule has 0 saturated carbocycles. The average molecular weight is 187 g/mol. The molecule has 0 fully saturated rings. The van der Waals surface area contributed by atoms with E-state index in [0.29, 0.717) is 5.70 Å². The van der Waals surface area contributed by atoms with E-state index in [1.54, 1.807) is 6.08 Å². The van der Waals surface area contributed by atoms with E-state index in [1.807, 2.05) is 37.3 Å². The maximum Gasteiger partial charge on any atom is 0.127 e. The third-order valence-electron chi connectivity index (χ3n) is 2.12. The fourth-order valence-corrected chi connectivity index (χ4v) is 1.55. The van der Waals surface area contributed by atoms with Gasteiger partial charge in [-0.2, -0.15) is 0 Å². The maximum atomic E-state index is 5.85. The highest BCUT2D eigenvalue weighted by Crippen LogP contribution is 2.19. The molecule has 14 heavy (non-hydrogen) atoms. The van der Waals surface area contributed by atoms with Gasteiger partial charge in [-0.05, 0) is 13.0 Å². The van der Waals surface area contributed by atoms with Crippen LogP contribution in [0, 0.1) is 0 Å². The molecule has 0 saturated heterocycles. The Balaban J connectivity index is 2.44. The first-order valence-electron chi connectivity index (χ1n) is 4.51. The average Bonchev–Trinajstić information content (AvgIpc) is 2.41. The molecule has 0 bridgehead atoms. The van der Waals surface area contributed by atoms with Crippen LogP contribution >= 0.6 is 0 Å². The van der Waals surface area contributed by atoms with Crippen LogP contribution in [0.3, 0.4) is 0 Å². The zero-order valence-electron chi connectivity index (χ0n) is 8.07. The third kappa shape index (κ3) is 1.54. The quantitative estimate of drug-likeness (QED) is 0.689. The van der Waals surface area contributed by atoms with Crippen molar-refractivity contribution >= 4 is 5.71 Å². The Morgan fingerprint density at radius 3 is 2.36 bits per heavy atom. The zero-order chi connectivity index (χ0) is 10.2. The van der Waals surface area contributed by atoms with Gasteiger partial charge >= 0.3 is 0 Å². The molecule has 1 atom stereocenters. The predicted octanol–water partition coefficient (Wildman–Crippen LogP) is 1.01. The van der Waals surface area contributed by atoms with E-state index in [-0.39, 0.29) is 0 Å². The van der Waals surface area contributed by atoms with Gasteiger partial charge in [-0.15, -0.1) is 0 Å². The van der Waals surface area contributed by atoms with Crippen LogP contribution in [0.2, 0.25) is 0 Å². The molecular formula is C11H13N3. The van der Waals surface area contributed by atoms with Gasteiger partial charge in [0.1, 0.15) is 5.66 Å². The van der Waals surface area contributed by atoms with Crippen LogP contribution in [0.25, 0.3) is 0 Å². The van der Waals surface area contributed by atoms with Crippen LogP contribution in [0.4, 0.5) is 0 Å². The summed E-state index contributed by atoms with van der Waals surface area (Å²) in [5.74, 6) is 0. The number of nitrogens with zero attached hydrogens (tertiary/aromatic N) is 1. The van der Waals surface area contributed by atoms with Crippen molar-refractivity contribution in [2.75, 3.05) is 0 Å². The normalized spacial score (nSPS) is 25.9. The van der Waals surface area contributed by atoms with Crippen molar-refractivity contribution < 1.29 is 0 Å². The molecule has 0 spiro atoms. The number of nitrogens with two attached hydrogens (primary N) is 2. The largest absolute Gasteiger partial charge is 0.397 e. The molecule has 0 aromatic heterocycles. The van der Waals surface area contributed by atoms with Gasteiger partial charge in [0, 0.05) is 5.56 Å². The lowest BCUT2D eigenvalue weighted by Gasteiger charge is -2.09. The van der Waals surface area contributed by atoms with E-state index in [1.165, 1.54) is 0 Å². The monoisotopic (exact) mass is 187 g/mol. The summed E-state index contributed by atoms with van der Waals surface area (Å²) in [6.07, 6.45) is 1.77. The smallest absolute Gasteiger partial charge is 0.127 e. The third-order valence-corrected chi connectivity index (χ3v) is 2.12. The van der Waals surface area contributed by atoms with Crippen molar-refractivity contribution in [3.8, 4) is 0 Å². The second-order valence-electron chi connectivity index (χ2n) is 3.65. The molecule has 1 aliphatic rings. The lowest BCUT2D eigenvalue weighted by atomic mass is 10.1. The standard InChI is InChI=1S/C11H13N3/c1-11(13)7-9(12)10(14-11)8-5-3-2-4-6-8/h2-7H,12-13H2,1H3. The molecule has 2 rings (SSSR count). The number of aliphatic imine (C=N–C) groups is 1. The lowest BCUT2D eigenvalue weighted by molar-refractivity contribution is 0.631. The number of hydrogen-bond donors (Lipinski definition) is 2. The Bertz CT molecular complexity index is 402. The van der Waals surface area contributed by atoms with Crippen molar-refractivity contribution in [1.82, 2.24) is 0 Å². The molecule has 4 N–H and O–H groups in total. The first-order valence-corrected chi connectivity index (χ1v) is 4.51. The number of hydrogen-bond acceptors (Lipinski definition) is 3. The minimum Gasteiger partial charge on any atom is -0.397 e. The van der Waals surface area contributed by atoms with Crippen LogP contribution in [0.5, 0.6) is 0 Å². The molecule has 1 unspecified atom stereocenters. The summed E-state index contributed by atoms with van der Waals surface area (Å²) in [5.41, 5.74) is 13.5. The zero-order valence-corrected chi connectivity index (χ0v) is 8.07. The minimum atomic E-state index is -0.657. The Labute approximate surface area is 83.1 Å². The highest BCUT2D eigenvalue weighted by molar-refractivity contribution is 6.13. The molecule has 0 amide bonds. The molecule has 3 nitrogen and oxygen atoms in total. The number of rotatable bonds is 1. The molecule has 1 aromatic rings. The first-order chi connectivity index (χ1) is 6.58. The van der Waals surface area contributed by atoms with Gasteiger partial charge in [0.05, 0.1) is 11.4 Å². The van der Waals surface area contributed by atoms with E-state index < -0.39 is 5.66 Å². The second kappa shape index (κ2) is 2.96. The van der Waals surface area contributed by atoms with Crippen LogP contribution in [0.15, 0.2) is 47.1 Å². The van der Waals surface area contributed by atoms with Gasteiger partial charge in [-0.3, -0.25) is 4.99 Å².